The lowest BCUT2D eigenvalue weighted by Crippen LogP contribution is -2.54. The molecule has 5 rings (SSSR count). The molecule has 4 saturated carbocycles. The molecule has 4 aliphatic carbocycles. The van der Waals surface area contributed by atoms with Gasteiger partial charge < -0.3 is 5.73 Å². The van der Waals surface area contributed by atoms with Gasteiger partial charge in [-0.25, -0.2) is 8.42 Å². The quantitative estimate of drug-likeness (QED) is 0.832. The second-order valence-electron chi connectivity index (χ2n) is 8.15. The van der Waals surface area contributed by atoms with Crippen molar-refractivity contribution in [2.24, 2.45) is 16.6 Å². The summed E-state index contributed by atoms with van der Waals surface area (Å²) in [4.78, 5) is 0.454. The van der Waals surface area contributed by atoms with Gasteiger partial charge in [0.25, 0.3) is 0 Å². The van der Waals surface area contributed by atoms with E-state index in [1.165, 1.54) is 0 Å². The van der Waals surface area contributed by atoms with Gasteiger partial charge >= 0.3 is 0 Å². The Bertz CT molecular complexity index is 697. The maximum atomic E-state index is 12.8. The monoisotopic (exact) mass is 397 g/mol. The lowest BCUT2D eigenvalue weighted by molar-refractivity contribution is -0.0199. The van der Waals surface area contributed by atoms with Crippen LogP contribution in [0.2, 0.25) is 0 Å². The van der Waals surface area contributed by atoms with Crippen LogP contribution in [0.4, 0.5) is 0 Å². The first kappa shape index (κ1) is 16.1. The fourth-order valence-corrected chi connectivity index (χ4v) is 7.24. The Morgan fingerprint density at radius 1 is 0.913 bits per heavy atom. The molecule has 0 amide bonds. The molecule has 0 aromatic heterocycles. The number of hydrogen-bond acceptors (Lipinski definition) is 3. The Labute approximate surface area is 147 Å². The summed E-state index contributed by atoms with van der Waals surface area (Å²) in [5, 5.41) is 0. The molecule has 0 atom stereocenters. The molecule has 0 unspecified atom stereocenters. The number of rotatable bonds is 4. The topological polar surface area (TPSA) is 60.2 Å². The van der Waals surface area contributed by atoms with E-state index in [9.17, 15) is 8.42 Å². The van der Waals surface area contributed by atoms with E-state index in [4.69, 9.17) is 5.73 Å². The smallest absolute Gasteiger partial charge is 0.178 e. The molecule has 4 fully saturated rings. The second-order valence-corrected chi connectivity index (χ2v) is 11.1. The highest BCUT2D eigenvalue weighted by atomic mass is 79.9. The summed E-state index contributed by atoms with van der Waals surface area (Å²) in [5.41, 5.74) is 6.92. The maximum Gasteiger partial charge on any atom is 0.178 e. The number of hydrogen-bond donors (Lipinski definition) is 1. The molecule has 4 aliphatic rings. The first-order valence-electron chi connectivity index (χ1n) is 8.56. The molecular formula is C18H24BrNO2S. The van der Waals surface area contributed by atoms with Crippen LogP contribution in [-0.2, 0) is 9.84 Å². The van der Waals surface area contributed by atoms with E-state index in [0.29, 0.717) is 16.1 Å². The van der Waals surface area contributed by atoms with E-state index in [1.54, 1.807) is 12.1 Å². The van der Waals surface area contributed by atoms with Crippen molar-refractivity contribution in [1.82, 2.24) is 0 Å². The zero-order valence-electron chi connectivity index (χ0n) is 13.4. The van der Waals surface area contributed by atoms with Gasteiger partial charge in [-0.3, -0.25) is 0 Å². The lowest BCUT2D eigenvalue weighted by Gasteiger charge is -2.56. The van der Waals surface area contributed by atoms with E-state index in [2.05, 4.69) is 15.9 Å². The molecule has 0 radical (unpaired) electrons. The van der Waals surface area contributed by atoms with Crippen molar-refractivity contribution in [3.63, 3.8) is 0 Å². The van der Waals surface area contributed by atoms with Crippen molar-refractivity contribution in [3.05, 3.63) is 28.7 Å². The van der Waals surface area contributed by atoms with Crippen molar-refractivity contribution >= 4 is 25.8 Å². The molecule has 0 spiro atoms. The molecule has 5 heteroatoms. The Kier molecular flexibility index (Phi) is 3.54. The van der Waals surface area contributed by atoms with Crippen LogP contribution in [0.5, 0.6) is 0 Å². The maximum absolute atomic E-state index is 12.8. The number of fused-ring (bicyclic) bond motifs is 3. The predicted molar refractivity (Wildman–Crippen MR) is 94.9 cm³/mol. The summed E-state index contributed by atoms with van der Waals surface area (Å²) >= 11 is 3.36. The minimum Gasteiger partial charge on any atom is -0.325 e. The van der Waals surface area contributed by atoms with Gasteiger partial charge in [0.1, 0.15) is 0 Å². The molecule has 0 saturated heterocycles. The fourth-order valence-electron chi connectivity index (χ4n) is 5.02. The van der Waals surface area contributed by atoms with Crippen LogP contribution in [0.25, 0.3) is 0 Å². The number of sulfone groups is 1. The predicted octanol–water partition coefficient (Wildman–Crippen LogP) is 4.05. The largest absolute Gasteiger partial charge is 0.325 e. The van der Waals surface area contributed by atoms with Gasteiger partial charge in [-0.1, -0.05) is 15.9 Å². The minimum absolute atomic E-state index is 0.0150. The first-order valence-corrected chi connectivity index (χ1v) is 11.0. The van der Waals surface area contributed by atoms with Gasteiger partial charge in [0, 0.05) is 10.0 Å². The van der Waals surface area contributed by atoms with E-state index >= 15 is 0 Å². The second kappa shape index (κ2) is 5.06. The van der Waals surface area contributed by atoms with Crippen molar-refractivity contribution < 1.29 is 8.42 Å². The Balaban J connectivity index is 1.53. The van der Waals surface area contributed by atoms with Crippen molar-refractivity contribution in [1.29, 1.82) is 0 Å². The number of halogens is 1. The van der Waals surface area contributed by atoms with Crippen molar-refractivity contribution in [3.8, 4) is 0 Å². The van der Waals surface area contributed by atoms with Crippen LogP contribution in [-0.4, -0.2) is 19.7 Å². The third kappa shape index (κ3) is 2.59. The zero-order chi connectivity index (χ0) is 16.3. The summed E-state index contributed by atoms with van der Waals surface area (Å²) in [6.45, 7) is 0. The summed E-state index contributed by atoms with van der Waals surface area (Å²) in [6.07, 6.45) is 8.79. The third-order valence-electron chi connectivity index (χ3n) is 6.92. The molecule has 2 N–H and O–H groups in total. The molecule has 1 aromatic carbocycles. The molecule has 1 aromatic rings. The third-order valence-corrected chi connectivity index (χ3v) is 9.43. The molecular weight excluding hydrogens is 374 g/mol. The zero-order valence-corrected chi connectivity index (χ0v) is 15.8. The van der Waals surface area contributed by atoms with Crippen LogP contribution in [0.15, 0.2) is 33.6 Å². The Morgan fingerprint density at radius 2 is 1.43 bits per heavy atom. The number of nitrogens with two attached hydrogens (primary N) is 1. The van der Waals surface area contributed by atoms with Crippen LogP contribution in [0.1, 0.15) is 51.4 Å². The Hall–Kier alpha value is -0.390. The van der Waals surface area contributed by atoms with E-state index < -0.39 is 9.84 Å². The normalized spacial score (nSPS) is 35.2. The van der Waals surface area contributed by atoms with Gasteiger partial charge in [-0.05, 0) is 86.5 Å². The van der Waals surface area contributed by atoms with Crippen LogP contribution >= 0.6 is 15.9 Å². The SMILES string of the molecule is NC1(C23CCC(CS(=O)(=O)c4ccc(Br)cc4)(CC2)CC3)CC1. The average Bonchev–Trinajstić information content (AvgIpc) is 3.28. The van der Waals surface area contributed by atoms with Crippen LogP contribution in [0, 0.1) is 10.8 Å². The lowest BCUT2D eigenvalue weighted by atomic mass is 9.51. The van der Waals surface area contributed by atoms with E-state index in [1.807, 2.05) is 12.1 Å². The summed E-state index contributed by atoms with van der Waals surface area (Å²) in [6, 6.07) is 7.04. The minimum atomic E-state index is -3.21. The van der Waals surface area contributed by atoms with Crippen molar-refractivity contribution in [2.75, 3.05) is 5.75 Å². The first-order chi connectivity index (χ1) is 10.8. The highest BCUT2D eigenvalue weighted by Gasteiger charge is 2.62. The molecule has 2 bridgehead atoms. The average molecular weight is 398 g/mol. The van der Waals surface area contributed by atoms with Gasteiger partial charge in [0.2, 0.25) is 0 Å². The molecule has 0 heterocycles. The van der Waals surface area contributed by atoms with Crippen LogP contribution in [0.3, 0.4) is 0 Å². The summed E-state index contributed by atoms with van der Waals surface area (Å²) < 4.78 is 26.6. The summed E-state index contributed by atoms with van der Waals surface area (Å²) in [5.74, 6) is 0.301. The van der Waals surface area contributed by atoms with Gasteiger partial charge in [-0.2, -0.15) is 0 Å². The van der Waals surface area contributed by atoms with Gasteiger partial charge in [0.15, 0.2) is 9.84 Å². The fraction of sp³-hybridized carbons (Fsp3) is 0.667. The van der Waals surface area contributed by atoms with Crippen LogP contribution < -0.4 is 5.73 Å². The van der Waals surface area contributed by atoms with E-state index in [0.717, 1.165) is 55.8 Å². The molecule has 23 heavy (non-hydrogen) atoms. The molecule has 0 aliphatic heterocycles. The number of benzene rings is 1. The van der Waals surface area contributed by atoms with Gasteiger partial charge in [0.05, 0.1) is 10.6 Å². The standard InChI is InChI=1S/C18H24BrNO2S/c19-14-1-3-15(4-2-14)23(21,22)13-16-5-8-17(9-6-16,10-7-16)18(20)11-12-18/h1-4H,5-13,20H2. The van der Waals surface area contributed by atoms with Crippen molar-refractivity contribution in [2.45, 2.75) is 61.8 Å². The van der Waals surface area contributed by atoms with Gasteiger partial charge in [-0.15, -0.1) is 0 Å². The summed E-state index contributed by atoms with van der Waals surface area (Å²) in [7, 11) is -3.21. The highest BCUT2D eigenvalue weighted by molar-refractivity contribution is 9.10. The highest BCUT2D eigenvalue weighted by Crippen LogP contribution is 2.66. The molecule has 126 valence electrons. The molecule has 3 nitrogen and oxygen atoms in total. The Morgan fingerprint density at radius 3 is 1.91 bits per heavy atom. The van der Waals surface area contributed by atoms with E-state index in [-0.39, 0.29) is 11.0 Å².